The van der Waals surface area contributed by atoms with Crippen LogP contribution in [0.3, 0.4) is 0 Å². The fraction of sp³-hybridized carbons (Fsp3) is 0.238. The molecule has 0 aliphatic heterocycles. The summed E-state index contributed by atoms with van der Waals surface area (Å²) >= 11 is 0. The average Bonchev–Trinajstić information content (AvgIpc) is 2.98. The van der Waals surface area contributed by atoms with Gasteiger partial charge in [0.1, 0.15) is 28.5 Å². The van der Waals surface area contributed by atoms with E-state index in [1.807, 2.05) is 32.8 Å². The maximum absolute atomic E-state index is 13.3. The van der Waals surface area contributed by atoms with Crippen LogP contribution in [0.5, 0.6) is 5.75 Å². The van der Waals surface area contributed by atoms with E-state index in [2.05, 4.69) is 4.74 Å². The van der Waals surface area contributed by atoms with Gasteiger partial charge in [-0.15, -0.1) is 0 Å². The largest absolute Gasteiger partial charge is 0.489 e. The maximum atomic E-state index is 13.3. The molecule has 1 heterocycles. The molecule has 0 saturated carbocycles. The predicted octanol–water partition coefficient (Wildman–Crippen LogP) is 4.33. The number of carbonyl (C=O) groups excluding carboxylic acids is 2. The molecule has 0 saturated heterocycles. The molecule has 0 spiro atoms. The Morgan fingerprint density at radius 2 is 1.79 bits per heavy atom. The van der Waals surface area contributed by atoms with Gasteiger partial charge < -0.3 is 24.5 Å². The maximum Gasteiger partial charge on any atom is 0.412 e. The van der Waals surface area contributed by atoms with Gasteiger partial charge in [0.25, 0.3) is 0 Å². The molecule has 7 nitrogen and oxygen atoms in total. The zero-order valence-corrected chi connectivity index (χ0v) is 16.5. The lowest BCUT2D eigenvalue weighted by atomic mass is 10.0. The molecule has 1 amide bonds. The summed E-state index contributed by atoms with van der Waals surface area (Å²) in [5.41, 5.74) is 6.58. The first-order chi connectivity index (χ1) is 13.7. The minimum absolute atomic E-state index is 0.00400. The number of anilines is 1. The van der Waals surface area contributed by atoms with Gasteiger partial charge in [0.2, 0.25) is 0 Å². The summed E-state index contributed by atoms with van der Waals surface area (Å²) in [5, 5.41) is 0.386. The third-order valence-electron chi connectivity index (χ3n) is 4.12. The Bertz CT molecular complexity index is 1070. The Hall–Kier alpha value is -3.55. The molecule has 0 fully saturated rings. The van der Waals surface area contributed by atoms with Crippen molar-refractivity contribution in [1.29, 1.82) is 0 Å². The van der Waals surface area contributed by atoms with Crippen LogP contribution in [0.1, 0.15) is 24.2 Å². The summed E-state index contributed by atoms with van der Waals surface area (Å²) in [6.07, 6.45) is -1.35. The summed E-state index contributed by atoms with van der Waals surface area (Å²) in [7, 11) is 3.70. The average molecular weight is 400 g/mol. The highest BCUT2D eigenvalue weighted by molar-refractivity contribution is 6.12. The van der Waals surface area contributed by atoms with E-state index in [1.54, 1.807) is 12.1 Å². The Morgan fingerprint density at radius 3 is 2.34 bits per heavy atom. The number of esters is 1. The molecule has 3 rings (SSSR count). The van der Waals surface area contributed by atoms with Crippen molar-refractivity contribution in [3.63, 3.8) is 0 Å². The minimum Gasteiger partial charge on any atom is -0.489 e. The van der Waals surface area contributed by atoms with Crippen LogP contribution in [0.15, 0.2) is 40.8 Å². The molecule has 29 heavy (non-hydrogen) atoms. The SMILES string of the molecule is CC(C)Oc1cc2c(C(=O)OC(N)=O)c(-c3ccc(F)cc3)oc2cc1N(C)C. The molecule has 2 aromatic carbocycles. The lowest BCUT2D eigenvalue weighted by molar-refractivity contribution is 0.0640. The van der Waals surface area contributed by atoms with Crippen LogP contribution in [0.4, 0.5) is 14.9 Å². The van der Waals surface area contributed by atoms with Crippen LogP contribution in [-0.2, 0) is 4.74 Å². The van der Waals surface area contributed by atoms with Crippen LogP contribution in [0.2, 0.25) is 0 Å². The zero-order chi connectivity index (χ0) is 21.3. The number of hydrogen-bond donors (Lipinski definition) is 1. The standard InChI is InChI=1S/C21H21FN2O5/c1-11(2)27-17-9-14-16(10-15(17)24(3)4)28-19(12-5-7-13(22)8-6-12)18(14)20(25)29-21(23)26/h5-11H,1-4H3,(H2,23,26). The molecular weight excluding hydrogens is 379 g/mol. The van der Waals surface area contributed by atoms with Crippen molar-refractivity contribution >= 4 is 28.7 Å². The number of fused-ring (bicyclic) bond motifs is 1. The molecule has 1 aromatic heterocycles. The highest BCUT2D eigenvalue weighted by atomic mass is 19.1. The van der Waals surface area contributed by atoms with Crippen LogP contribution >= 0.6 is 0 Å². The molecular formula is C21H21FN2O5. The Balaban J connectivity index is 2.30. The number of rotatable bonds is 5. The second kappa shape index (κ2) is 7.83. The minimum atomic E-state index is -1.24. The third-order valence-corrected chi connectivity index (χ3v) is 4.12. The summed E-state index contributed by atoms with van der Waals surface area (Å²) in [6, 6.07) is 8.79. The van der Waals surface area contributed by atoms with E-state index in [1.165, 1.54) is 24.3 Å². The molecule has 0 radical (unpaired) electrons. The van der Waals surface area contributed by atoms with Gasteiger partial charge in [-0.3, -0.25) is 0 Å². The number of nitrogens with two attached hydrogens (primary N) is 1. The van der Waals surface area contributed by atoms with Crippen molar-refractivity contribution in [3.8, 4) is 17.1 Å². The molecule has 0 atom stereocenters. The molecule has 152 valence electrons. The smallest absolute Gasteiger partial charge is 0.412 e. The lowest BCUT2D eigenvalue weighted by Gasteiger charge is -2.19. The number of hydrogen-bond acceptors (Lipinski definition) is 6. The van der Waals surface area contributed by atoms with E-state index < -0.39 is 17.9 Å². The van der Waals surface area contributed by atoms with Gasteiger partial charge in [-0.1, -0.05) is 0 Å². The van der Waals surface area contributed by atoms with Crippen LogP contribution in [0.25, 0.3) is 22.3 Å². The number of benzene rings is 2. The van der Waals surface area contributed by atoms with E-state index in [4.69, 9.17) is 14.9 Å². The van der Waals surface area contributed by atoms with Crippen LogP contribution in [0, 0.1) is 5.82 Å². The number of ether oxygens (including phenoxy) is 2. The number of furan rings is 1. The molecule has 0 unspecified atom stereocenters. The molecule has 0 aliphatic carbocycles. The normalized spacial score (nSPS) is 11.0. The first-order valence-corrected chi connectivity index (χ1v) is 8.89. The number of halogens is 1. The van der Waals surface area contributed by atoms with Gasteiger partial charge in [0.15, 0.2) is 0 Å². The number of carbonyl (C=O) groups is 2. The summed E-state index contributed by atoms with van der Waals surface area (Å²) < 4.78 is 29.8. The summed E-state index contributed by atoms with van der Waals surface area (Å²) in [4.78, 5) is 25.6. The van der Waals surface area contributed by atoms with Crippen LogP contribution < -0.4 is 15.4 Å². The summed E-state index contributed by atoms with van der Waals surface area (Å²) in [5.74, 6) is -0.743. The Kier molecular flexibility index (Phi) is 5.45. The first kappa shape index (κ1) is 20.2. The first-order valence-electron chi connectivity index (χ1n) is 8.89. The molecule has 0 bridgehead atoms. The van der Waals surface area contributed by atoms with Crippen LogP contribution in [-0.4, -0.2) is 32.3 Å². The highest BCUT2D eigenvalue weighted by Crippen LogP contribution is 2.40. The van der Waals surface area contributed by atoms with Crippen molar-refractivity contribution in [3.05, 3.63) is 47.8 Å². The Morgan fingerprint density at radius 1 is 1.14 bits per heavy atom. The van der Waals surface area contributed by atoms with Crippen molar-refractivity contribution in [2.45, 2.75) is 20.0 Å². The predicted molar refractivity (Wildman–Crippen MR) is 107 cm³/mol. The molecule has 0 aliphatic rings. The number of nitrogens with zero attached hydrogens (tertiary/aromatic N) is 1. The second-order valence-corrected chi connectivity index (χ2v) is 6.90. The van der Waals surface area contributed by atoms with Crippen molar-refractivity contribution in [1.82, 2.24) is 0 Å². The fourth-order valence-corrected chi connectivity index (χ4v) is 2.96. The van der Waals surface area contributed by atoms with E-state index in [0.717, 1.165) is 5.69 Å². The van der Waals surface area contributed by atoms with Crippen molar-refractivity contribution in [2.75, 3.05) is 19.0 Å². The topological polar surface area (TPSA) is 95.0 Å². The Labute approximate surface area is 166 Å². The van der Waals surface area contributed by atoms with Gasteiger partial charge in [-0.25, -0.2) is 14.0 Å². The van der Waals surface area contributed by atoms with Gasteiger partial charge in [-0.2, -0.15) is 0 Å². The number of primary amides is 1. The van der Waals surface area contributed by atoms with Crippen molar-refractivity contribution < 1.29 is 27.9 Å². The van der Waals surface area contributed by atoms with Gasteiger partial charge in [0, 0.05) is 31.1 Å². The van der Waals surface area contributed by atoms with E-state index in [-0.39, 0.29) is 17.4 Å². The second-order valence-electron chi connectivity index (χ2n) is 6.90. The van der Waals surface area contributed by atoms with Gasteiger partial charge >= 0.3 is 12.1 Å². The third kappa shape index (κ3) is 4.16. The van der Waals surface area contributed by atoms with E-state index >= 15 is 0 Å². The van der Waals surface area contributed by atoms with E-state index in [0.29, 0.717) is 22.3 Å². The fourth-order valence-electron chi connectivity index (χ4n) is 2.96. The summed E-state index contributed by atoms with van der Waals surface area (Å²) in [6.45, 7) is 3.76. The zero-order valence-electron chi connectivity index (χ0n) is 16.5. The monoisotopic (exact) mass is 400 g/mol. The number of amides is 1. The molecule has 8 heteroatoms. The van der Waals surface area contributed by atoms with Gasteiger partial charge in [0.05, 0.1) is 11.8 Å². The lowest BCUT2D eigenvalue weighted by Crippen LogP contribution is -2.18. The molecule has 3 aromatic rings. The molecule has 2 N–H and O–H groups in total. The van der Waals surface area contributed by atoms with E-state index in [9.17, 15) is 14.0 Å². The van der Waals surface area contributed by atoms with Crippen molar-refractivity contribution in [2.24, 2.45) is 5.73 Å². The highest BCUT2D eigenvalue weighted by Gasteiger charge is 2.27. The van der Waals surface area contributed by atoms with Gasteiger partial charge in [-0.05, 0) is 44.2 Å². The quantitative estimate of drug-likeness (QED) is 0.506.